The molecule has 0 aliphatic rings. The molecule has 0 saturated carbocycles. The molecule has 0 heterocycles. The second kappa shape index (κ2) is 5.96. The number of hydrogen-bond acceptors (Lipinski definition) is 2. The highest BCUT2D eigenvalue weighted by molar-refractivity contribution is 7.86. The summed E-state index contributed by atoms with van der Waals surface area (Å²) in [6.07, 6.45) is 0. The summed E-state index contributed by atoms with van der Waals surface area (Å²) in [5, 5.41) is 8.80. The maximum atomic E-state index is 13.5. The number of carboxylic acids is 1. The lowest BCUT2D eigenvalue weighted by Crippen LogP contribution is -2.08. The van der Waals surface area contributed by atoms with Crippen LogP contribution in [0.2, 0.25) is 0 Å². The first-order valence-electron chi connectivity index (χ1n) is 5.54. The van der Waals surface area contributed by atoms with Gasteiger partial charge in [0.2, 0.25) is 0 Å². The van der Waals surface area contributed by atoms with E-state index in [1.165, 1.54) is 0 Å². The first kappa shape index (κ1) is 15.0. The van der Waals surface area contributed by atoms with Gasteiger partial charge in [0.1, 0.15) is 17.5 Å². The van der Waals surface area contributed by atoms with Gasteiger partial charge in [0.25, 0.3) is 0 Å². The zero-order valence-electron chi connectivity index (χ0n) is 10.3. The summed E-state index contributed by atoms with van der Waals surface area (Å²) in [4.78, 5) is 10.5. The van der Waals surface area contributed by atoms with E-state index in [4.69, 9.17) is 5.11 Å². The molecule has 0 amide bonds. The van der Waals surface area contributed by atoms with E-state index in [9.17, 15) is 22.2 Å². The molecule has 0 aromatic heterocycles. The quantitative estimate of drug-likeness (QED) is 0.911. The maximum Gasteiger partial charge on any atom is 0.335 e. The molecule has 21 heavy (non-hydrogen) atoms. The van der Waals surface area contributed by atoms with E-state index in [1.54, 1.807) is 0 Å². The van der Waals surface area contributed by atoms with Crippen molar-refractivity contribution in [1.29, 1.82) is 0 Å². The van der Waals surface area contributed by atoms with Crippen LogP contribution >= 0.6 is 0 Å². The third-order valence-electron chi connectivity index (χ3n) is 2.47. The monoisotopic (exact) mass is 315 g/mol. The average Bonchev–Trinajstić information content (AvgIpc) is 2.39. The van der Waals surface area contributed by atoms with E-state index in [0.29, 0.717) is 6.07 Å². The van der Waals surface area contributed by atoms with E-state index >= 15 is 0 Å². The van der Waals surface area contributed by atoms with Crippen LogP contribution in [0.5, 0.6) is 0 Å². The van der Waals surface area contributed by atoms with Crippen LogP contribution in [0.15, 0.2) is 41.3 Å². The van der Waals surface area contributed by atoms with Gasteiger partial charge in [-0.3, -0.25) is 4.72 Å². The van der Waals surface area contributed by atoms with E-state index in [0.717, 1.165) is 30.3 Å². The average molecular weight is 315 g/mol. The topological polar surface area (TPSA) is 66.4 Å². The van der Waals surface area contributed by atoms with E-state index in [2.05, 4.69) is 4.72 Å². The predicted molar refractivity (Wildman–Crippen MR) is 69.7 cm³/mol. The van der Waals surface area contributed by atoms with Crippen molar-refractivity contribution in [1.82, 2.24) is 0 Å². The van der Waals surface area contributed by atoms with Crippen molar-refractivity contribution < 1.29 is 27.3 Å². The second-order valence-electron chi connectivity index (χ2n) is 3.98. The number of aromatic carboxylic acids is 1. The van der Waals surface area contributed by atoms with E-state index in [1.807, 2.05) is 0 Å². The molecule has 0 spiro atoms. The fourth-order valence-corrected chi connectivity index (χ4v) is 2.44. The summed E-state index contributed by atoms with van der Waals surface area (Å²) in [5.41, 5.74) is -0.570. The van der Waals surface area contributed by atoms with E-state index in [-0.39, 0.29) is 16.1 Å². The molecular formula is C13H8F3NO3S. The van der Waals surface area contributed by atoms with Gasteiger partial charge in [-0.05, 0) is 30.3 Å². The standard InChI is InChI=1S/C13H8F3NO3S/c14-8-4-9(15)6-10(5-8)21(20)17-12-3-7(13(18)19)1-2-11(12)16/h1-6,17H,(H,18,19). The molecule has 2 aromatic carbocycles. The Morgan fingerprint density at radius 1 is 1.05 bits per heavy atom. The number of rotatable bonds is 4. The zero-order chi connectivity index (χ0) is 15.6. The van der Waals surface area contributed by atoms with Gasteiger partial charge in [-0.2, -0.15) is 0 Å². The molecule has 8 heteroatoms. The fourth-order valence-electron chi connectivity index (χ4n) is 1.53. The minimum absolute atomic E-state index is 0.221. The molecule has 0 saturated heterocycles. The van der Waals surface area contributed by atoms with Crippen LogP contribution in [-0.2, 0) is 11.0 Å². The van der Waals surface area contributed by atoms with Crippen molar-refractivity contribution in [2.24, 2.45) is 0 Å². The summed E-state index contributed by atoms with van der Waals surface area (Å²) in [6.45, 7) is 0. The molecular weight excluding hydrogens is 307 g/mol. The van der Waals surface area contributed by atoms with Gasteiger partial charge in [0.15, 0.2) is 11.0 Å². The Hall–Kier alpha value is -2.35. The molecule has 0 fully saturated rings. The SMILES string of the molecule is O=C(O)c1ccc(F)c(NS(=O)c2cc(F)cc(F)c2)c1. The Morgan fingerprint density at radius 3 is 2.24 bits per heavy atom. The predicted octanol–water partition coefficient (Wildman–Crippen LogP) is 2.94. The molecule has 4 nitrogen and oxygen atoms in total. The Balaban J connectivity index is 2.31. The molecule has 0 radical (unpaired) electrons. The molecule has 0 aliphatic carbocycles. The van der Waals surface area contributed by atoms with Crippen LogP contribution in [0.25, 0.3) is 0 Å². The van der Waals surface area contributed by atoms with Crippen LogP contribution in [0, 0.1) is 17.5 Å². The smallest absolute Gasteiger partial charge is 0.335 e. The third kappa shape index (κ3) is 3.60. The number of anilines is 1. The summed E-state index contributed by atoms with van der Waals surface area (Å²) in [7, 11) is -2.15. The molecule has 0 aliphatic heterocycles. The van der Waals surface area contributed by atoms with Crippen LogP contribution in [0.3, 0.4) is 0 Å². The molecule has 2 aromatic rings. The van der Waals surface area contributed by atoms with Crippen molar-refractivity contribution in [2.45, 2.75) is 4.90 Å². The highest BCUT2D eigenvalue weighted by Gasteiger charge is 2.13. The summed E-state index contributed by atoms with van der Waals surface area (Å²) >= 11 is 0. The first-order chi connectivity index (χ1) is 9.86. The molecule has 1 unspecified atom stereocenters. The zero-order valence-corrected chi connectivity index (χ0v) is 11.1. The van der Waals surface area contributed by atoms with Gasteiger partial charge >= 0.3 is 5.97 Å². The number of hydrogen-bond donors (Lipinski definition) is 2. The first-order valence-corrected chi connectivity index (χ1v) is 6.69. The molecule has 2 N–H and O–H groups in total. The van der Waals surface area contributed by atoms with Crippen molar-refractivity contribution >= 4 is 22.6 Å². The molecule has 1 atom stereocenters. The maximum absolute atomic E-state index is 13.5. The van der Waals surface area contributed by atoms with E-state index < -0.39 is 34.4 Å². The number of nitrogens with one attached hydrogen (secondary N) is 1. The molecule has 2 rings (SSSR count). The minimum atomic E-state index is -2.15. The lowest BCUT2D eigenvalue weighted by atomic mass is 10.2. The van der Waals surface area contributed by atoms with Crippen molar-refractivity contribution in [2.75, 3.05) is 4.72 Å². The Bertz CT molecular complexity index is 716. The van der Waals surface area contributed by atoms with Gasteiger partial charge < -0.3 is 5.11 Å². The minimum Gasteiger partial charge on any atom is -0.478 e. The van der Waals surface area contributed by atoms with Gasteiger partial charge in [-0.15, -0.1) is 0 Å². The lowest BCUT2D eigenvalue weighted by Gasteiger charge is -2.08. The van der Waals surface area contributed by atoms with Gasteiger partial charge in [-0.25, -0.2) is 22.2 Å². The number of benzene rings is 2. The Kier molecular flexibility index (Phi) is 4.27. The lowest BCUT2D eigenvalue weighted by molar-refractivity contribution is 0.0697. The number of carbonyl (C=O) groups is 1. The fraction of sp³-hybridized carbons (Fsp3) is 0. The highest BCUT2D eigenvalue weighted by Crippen LogP contribution is 2.20. The van der Waals surface area contributed by atoms with Crippen molar-refractivity contribution in [3.8, 4) is 0 Å². The Morgan fingerprint density at radius 2 is 1.67 bits per heavy atom. The van der Waals surface area contributed by atoms with Gasteiger partial charge in [0, 0.05) is 6.07 Å². The normalized spacial score (nSPS) is 12.0. The van der Waals surface area contributed by atoms with Crippen LogP contribution in [0.1, 0.15) is 10.4 Å². The highest BCUT2D eigenvalue weighted by atomic mass is 32.2. The largest absolute Gasteiger partial charge is 0.478 e. The number of halogens is 3. The summed E-state index contributed by atoms with van der Waals surface area (Å²) in [6, 6.07) is 5.11. The summed E-state index contributed by atoms with van der Waals surface area (Å²) < 4.78 is 53.7. The third-order valence-corrected chi connectivity index (χ3v) is 3.54. The van der Waals surface area contributed by atoms with Crippen molar-refractivity contribution in [3.63, 3.8) is 0 Å². The Labute approximate surface area is 119 Å². The van der Waals surface area contributed by atoms with Crippen molar-refractivity contribution in [3.05, 3.63) is 59.4 Å². The van der Waals surface area contributed by atoms with Crippen LogP contribution in [-0.4, -0.2) is 15.3 Å². The van der Waals surface area contributed by atoms with Crippen LogP contribution < -0.4 is 4.72 Å². The molecule has 0 bridgehead atoms. The summed E-state index contributed by atoms with van der Waals surface area (Å²) in [5.74, 6) is -3.99. The van der Waals surface area contributed by atoms with Crippen LogP contribution in [0.4, 0.5) is 18.9 Å². The molecule has 110 valence electrons. The number of carboxylic acid groups (broad SMARTS) is 1. The second-order valence-corrected chi connectivity index (χ2v) is 5.19. The van der Waals surface area contributed by atoms with Gasteiger partial charge in [-0.1, -0.05) is 0 Å². The van der Waals surface area contributed by atoms with Gasteiger partial charge in [0.05, 0.1) is 16.1 Å².